The molecule has 1 fully saturated rings. The average Bonchev–Trinajstić information content (AvgIpc) is 3.29. The van der Waals surface area contributed by atoms with Gasteiger partial charge in [0.1, 0.15) is 16.8 Å². The van der Waals surface area contributed by atoms with Gasteiger partial charge in [0.15, 0.2) is 17.5 Å². The molecule has 0 spiro atoms. The van der Waals surface area contributed by atoms with Gasteiger partial charge in [-0.3, -0.25) is 13.9 Å². The predicted molar refractivity (Wildman–Crippen MR) is 147 cm³/mol. The van der Waals surface area contributed by atoms with Crippen molar-refractivity contribution in [3.8, 4) is 11.4 Å². The Balaban J connectivity index is 1.60. The first kappa shape index (κ1) is 27.2. The number of pyridine rings is 1. The molecule has 0 N–H and O–H groups in total. The number of hydrogen-bond acceptors (Lipinski definition) is 6. The van der Waals surface area contributed by atoms with Gasteiger partial charge in [-0.15, -0.1) is 0 Å². The van der Waals surface area contributed by atoms with Gasteiger partial charge in [-0.25, -0.2) is 19.2 Å². The summed E-state index contributed by atoms with van der Waals surface area (Å²) in [5, 5.41) is 0.339. The first-order chi connectivity index (χ1) is 18.9. The number of aryl methyl sites for hydroxylation is 2. The lowest BCUT2D eigenvalue weighted by Crippen LogP contribution is -2.40. The molecule has 0 saturated carbocycles. The maximum Gasteiger partial charge on any atom is 0.332 e. The molecule has 4 heterocycles. The van der Waals surface area contributed by atoms with Gasteiger partial charge in [0.2, 0.25) is 0 Å². The summed E-state index contributed by atoms with van der Waals surface area (Å²) in [6.07, 6.45) is 3.18. The number of imidazole rings is 1. The smallest absolute Gasteiger partial charge is 0.332 e. The quantitative estimate of drug-likeness (QED) is 0.223. The van der Waals surface area contributed by atoms with Crippen molar-refractivity contribution in [1.29, 1.82) is 0 Å². The van der Waals surface area contributed by atoms with Crippen LogP contribution in [-0.4, -0.2) is 43.2 Å². The summed E-state index contributed by atoms with van der Waals surface area (Å²) in [5.74, 6) is 0.125. The lowest BCUT2D eigenvalue weighted by molar-refractivity contribution is -0.163. The molecule has 1 aliphatic heterocycles. The Bertz CT molecular complexity index is 1590. The number of halogens is 2. The van der Waals surface area contributed by atoms with Crippen LogP contribution in [0.3, 0.4) is 0 Å². The molecule has 3 aromatic heterocycles. The Morgan fingerprint density at radius 3 is 2.56 bits per heavy atom. The second-order valence-corrected chi connectivity index (χ2v) is 9.98. The van der Waals surface area contributed by atoms with Crippen molar-refractivity contribution in [3.05, 3.63) is 79.5 Å². The van der Waals surface area contributed by atoms with E-state index in [1.54, 1.807) is 28.8 Å². The molecule has 1 aliphatic rings. The maximum absolute atomic E-state index is 13.9. The lowest BCUT2D eigenvalue weighted by Gasteiger charge is -2.22. The molecule has 206 valence electrons. The molecule has 0 amide bonds. The van der Waals surface area contributed by atoms with Crippen LogP contribution in [0.4, 0.5) is 4.39 Å². The van der Waals surface area contributed by atoms with E-state index in [9.17, 15) is 14.0 Å². The second-order valence-electron chi connectivity index (χ2n) is 9.59. The summed E-state index contributed by atoms with van der Waals surface area (Å²) in [5.41, 5.74) is 1.81. The monoisotopic (exact) mass is 555 g/mol. The highest BCUT2D eigenvalue weighted by molar-refractivity contribution is 6.29. The van der Waals surface area contributed by atoms with Crippen molar-refractivity contribution in [1.82, 2.24) is 23.7 Å². The molecule has 1 aromatic carbocycles. The van der Waals surface area contributed by atoms with Crippen molar-refractivity contribution in [2.75, 3.05) is 13.2 Å². The molecular weight excluding hydrogens is 525 g/mol. The Kier molecular flexibility index (Phi) is 8.25. The highest BCUT2D eigenvalue weighted by Crippen LogP contribution is 2.27. The lowest BCUT2D eigenvalue weighted by atomic mass is 10.1. The fourth-order valence-electron chi connectivity index (χ4n) is 4.95. The molecule has 1 saturated heterocycles. The van der Waals surface area contributed by atoms with Crippen molar-refractivity contribution in [2.24, 2.45) is 0 Å². The highest BCUT2D eigenvalue weighted by atomic mass is 35.5. The molecule has 1 atom stereocenters. The normalized spacial score (nSPS) is 15.7. The van der Waals surface area contributed by atoms with Crippen molar-refractivity contribution >= 4 is 22.8 Å². The van der Waals surface area contributed by atoms with Crippen LogP contribution in [0.15, 0.2) is 46.0 Å². The Morgan fingerprint density at radius 2 is 1.87 bits per heavy atom. The number of benzene rings is 1. The van der Waals surface area contributed by atoms with Gasteiger partial charge in [-0.05, 0) is 69.4 Å². The maximum atomic E-state index is 13.9. The van der Waals surface area contributed by atoms with Gasteiger partial charge < -0.3 is 14.0 Å². The van der Waals surface area contributed by atoms with Crippen LogP contribution in [0.5, 0.6) is 0 Å². The highest BCUT2D eigenvalue weighted by Gasteiger charge is 2.23. The summed E-state index contributed by atoms with van der Waals surface area (Å²) in [7, 11) is 0. The molecule has 1 unspecified atom stereocenters. The zero-order valence-electron chi connectivity index (χ0n) is 22.0. The predicted octanol–water partition coefficient (Wildman–Crippen LogP) is 4.52. The third-order valence-electron chi connectivity index (χ3n) is 6.95. The molecule has 0 aliphatic carbocycles. The number of ether oxygens (including phenoxy) is 2. The van der Waals surface area contributed by atoms with Crippen LogP contribution < -0.4 is 11.2 Å². The molecule has 9 nitrogen and oxygen atoms in total. The van der Waals surface area contributed by atoms with E-state index in [-0.39, 0.29) is 25.2 Å². The van der Waals surface area contributed by atoms with E-state index in [0.29, 0.717) is 59.6 Å². The van der Waals surface area contributed by atoms with E-state index in [4.69, 9.17) is 26.1 Å². The molecule has 5 rings (SSSR count). The van der Waals surface area contributed by atoms with Gasteiger partial charge in [-0.2, -0.15) is 0 Å². The van der Waals surface area contributed by atoms with E-state index in [1.165, 1.54) is 21.3 Å². The molecule has 11 heteroatoms. The topological polar surface area (TPSA) is 93.2 Å². The van der Waals surface area contributed by atoms with E-state index in [0.717, 1.165) is 24.8 Å². The van der Waals surface area contributed by atoms with E-state index >= 15 is 0 Å². The van der Waals surface area contributed by atoms with Gasteiger partial charge in [0, 0.05) is 37.5 Å². The van der Waals surface area contributed by atoms with E-state index in [2.05, 4.69) is 4.98 Å². The molecule has 4 aromatic rings. The number of nitrogens with zero attached hydrogens (tertiary/aromatic N) is 5. The molecular formula is C28H31ClFN5O4. The number of rotatable bonds is 9. The van der Waals surface area contributed by atoms with Crippen LogP contribution >= 0.6 is 11.6 Å². The summed E-state index contributed by atoms with van der Waals surface area (Å²) in [4.78, 5) is 36.5. The van der Waals surface area contributed by atoms with E-state index in [1.807, 2.05) is 13.8 Å². The Hall–Kier alpha value is -3.34. The van der Waals surface area contributed by atoms with Crippen molar-refractivity contribution in [3.63, 3.8) is 0 Å². The fourth-order valence-corrected chi connectivity index (χ4v) is 5.14. The number of fused-ring (bicyclic) bond motifs is 1. The first-order valence-corrected chi connectivity index (χ1v) is 13.6. The second kappa shape index (κ2) is 11.8. The third kappa shape index (κ3) is 5.68. The van der Waals surface area contributed by atoms with E-state index < -0.39 is 11.2 Å². The fraction of sp³-hybridized carbons (Fsp3) is 0.429. The summed E-state index contributed by atoms with van der Waals surface area (Å²) in [6, 6.07) is 9.53. The summed E-state index contributed by atoms with van der Waals surface area (Å²) in [6.45, 7) is 5.47. The van der Waals surface area contributed by atoms with Gasteiger partial charge >= 0.3 is 5.69 Å². The number of aromatic nitrogens is 5. The minimum absolute atomic E-state index is 0.193. The largest absolute Gasteiger partial charge is 0.353 e. The van der Waals surface area contributed by atoms with Crippen LogP contribution in [-0.2, 0) is 29.1 Å². The zero-order chi connectivity index (χ0) is 27.5. The van der Waals surface area contributed by atoms with Crippen LogP contribution in [0, 0.1) is 12.7 Å². The SMILES string of the molecule is CCn1c(=O)n(CCCOC2CCCCO2)c(=O)c2c1nc(-c1ccc(Cl)nc1C)n2Cc1ccc(F)cc1. The van der Waals surface area contributed by atoms with Crippen molar-refractivity contribution < 1.29 is 13.9 Å². The van der Waals surface area contributed by atoms with Crippen LogP contribution in [0.25, 0.3) is 22.6 Å². The molecule has 0 radical (unpaired) electrons. The minimum atomic E-state index is -0.436. The Morgan fingerprint density at radius 1 is 1.08 bits per heavy atom. The third-order valence-corrected chi connectivity index (χ3v) is 7.16. The number of hydrogen-bond donors (Lipinski definition) is 0. The Labute approximate surface area is 229 Å². The standard InChI is InChI=1S/C28H31ClFN5O4/c1-3-33-26-24(27(36)34(28(33)37)14-6-16-39-23-7-4-5-15-38-23)35(17-19-8-10-20(30)11-9-19)25(32-26)21-12-13-22(29)31-18(21)2/h8-13,23H,3-7,14-17H2,1-2H3. The van der Waals surface area contributed by atoms with Crippen LogP contribution in [0.2, 0.25) is 5.15 Å². The van der Waals surface area contributed by atoms with Gasteiger partial charge in [-0.1, -0.05) is 23.7 Å². The molecule has 0 bridgehead atoms. The first-order valence-electron chi connectivity index (χ1n) is 13.2. The molecule has 39 heavy (non-hydrogen) atoms. The van der Waals surface area contributed by atoms with Crippen LogP contribution in [0.1, 0.15) is 43.9 Å². The zero-order valence-corrected chi connectivity index (χ0v) is 22.8. The minimum Gasteiger partial charge on any atom is -0.353 e. The van der Waals surface area contributed by atoms with Gasteiger partial charge in [0.25, 0.3) is 5.56 Å². The summed E-state index contributed by atoms with van der Waals surface area (Å²) >= 11 is 6.10. The van der Waals surface area contributed by atoms with Crippen molar-refractivity contribution in [2.45, 2.75) is 65.5 Å². The van der Waals surface area contributed by atoms with Gasteiger partial charge in [0.05, 0.1) is 6.61 Å². The summed E-state index contributed by atoms with van der Waals surface area (Å²) < 4.78 is 29.6. The average molecular weight is 556 g/mol.